The molecule has 1 fully saturated rings. The van der Waals surface area contributed by atoms with Gasteiger partial charge in [-0.3, -0.25) is 4.79 Å². The maximum absolute atomic E-state index is 12.2. The second kappa shape index (κ2) is 7.98. The fourth-order valence-corrected chi connectivity index (χ4v) is 2.85. The third kappa shape index (κ3) is 5.67. The number of methoxy groups -OCH3 is 1. The van der Waals surface area contributed by atoms with Crippen LogP contribution in [0.5, 0.6) is 0 Å². The summed E-state index contributed by atoms with van der Waals surface area (Å²) in [7, 11) is -0.407. The second-order valence-corrected chi connectivity index (χ2v) is 12.5. The smallest absolute Gasteiger partial charge is 0.329 e. The molecule has 0 radical (unpaired) electrons. The fourth-order valence-electron chi connectivity index (χ4n) is 1.93. The zero-order valence-electron chi connectivity index (χ0n) is 15.1. The normalized spacial score (nSPS) is 19.5. The van der Waals surface area contributed by atoms with Gasteiger partial charge in [-0.1, -0.05) is 33.9 Å². The number of carbonyl (C=O) groups is 2. The standard InChI is InChI=1S/C17H29NO4Si/c1-17(2,3)23(5,6)11-7-8-14(16(20)21-4)18-15(19)13-9-10-22-12-13/h13-14H,8-10,12H2,1-6H3,(H,18,19)/t13-,14-/m1/s1. The van der Waals surface area contributed by atoms with Crippen LogP contribution in [-0.2, 0) is 19.1 Å². The van der Waals surface area contributed by atoms with Crippen molar-refractivity contribution in [3.63, 3.8) is 0 Å². The lowest BCUT2D eigenvalue weighted by atomic mass is 10.1. The Morgan fingerprint density at radius 1 is 1.39 bits per heavy atom. The molecule has 0 unspecified atom stereocenters. The molecule has 0 aromatic rings. The molecule has 6 heteroatoms. The summed E-state index contributed by atoms with van der Waals surface area (Å²) in [5.41, 5.74) is 3.36. The van der Waals surface area contributed by atoms with Crippen LogP contribution in [0.3, 0.4) is 0 Å². The largest absolute Gasteiger partial charge is 0.467 e. The lowest BCUT2D eigenvalue weighted by molar-refractivity contribution is -0.145. The van der Waals surface area contributed by atoms with Gasteiger partial charge >= 0.3 is 5.97 Å². The first-order valence-electron chi connectivity index (χ1n) is 8.04. The first-order chi connectivity index (χ1) is 10.6. The highest BCUT2D eigenvalue weighted by Gasteiger charge is 2.34. The van der Waals surface area contributed by atoms with Crippen molar-refractivity contribution in [2.75, 3.05) is 20.3 Å². The van der Waals surface area contributed by atoms with Crippen molar-refractivity contribution < 1.29 is 19.1 Å². The number of ether oxygens (including phenoxy) is 2. The quantitative estimate of drug-likeness (QED) is 0.484. The Labute approximate surface area is 140 Å². The van der Waals surface area contributed by atoms with Gasteiger partial charge in [0.15, 0.2) is 0 Å². The van der Waals surface area contributed by atoms with E-state index in [0.29, 0.717) is 19.6 Å². The topological polar surface area (TPSA) is 64.6 Å². The van der Waals surface area contributed by atoms with E-state index in [0.717, 1.165) is 0 Å². The van der Waals surface area contributed by atoms with Crippen LogP contribution in [0.2, 0.25) is 18.1 Å². The lowest BCUT2D eigenvalue weighted by Gasteiger charge is -2.31. The number of rotatable bonds is 4. The molecule has 0 aliphatic carbocycles. The minimum atomic E-state index is -1.73. The van der Waals surface area contributed by atoms with Gasteiger partial charge in [0.1, 0.15) is 14.1 Å². The predicted octanol–water partition coefficient (Wildman–Crippen LogP) is 2.12. The molecule has 1 aliphatic rings. The maximum Gasteiger partial charge on any atom is 0.329 e. The Balaban J connectivity index is 2.73. The van der Waals surface area contributed by atoms with Crippen molar-refractivity contribution in [2.24, 2.45) is 5.92 Å². The summed E-state index contributed by atoms with van der Waals surface area (Å²) in [6, 6.07) is -0.717. The summed E-state index contributed by atoms with van der Waals surface area (Å²) >= 11 is 0. The summed E-state index contributed by atoms with van der Waals surface area (Å²) in [6.07, 6.45) is 0.966. The Bertz CT molecular complexity index is 493. The number of amides is 1. The number of hydrogen-bond donors (Lipinski definition) is 1. The Hall–Kier alpha value is -1.32. The van der Waals surface area contributed by atoms with Crippen molar-refractivity contribution in [1.82, 2.24) is 5.32 Å². The molecule has 23 heavy (non-hydrogen) atoms. The van der Waals surface area contributed by atoms with Crippen LogP contribution >= 0.6 is 0 Å². The van der Waals surface area contributed by atoms with Crippen LogP contribution in [0.1, 0.15) is 33.6 Å². The fraction of sp³-hybridized carbons (Fsp3) is 0.765. The van der Waals surface area contributed by atoms with Gasteiger partial charge in [-0.15, -0.1) is 11.5 Å². The van der Waals surface area contributed by atoms with E-state index in [1.807, 2.05) is 0 Å². The van der Waals surface area contributed by atoms with Crippen molar-refractivity contribution >= 4 is 20.0 Å². The molecule has 1 aliphatic heterocycles. The Morgan fingerprint density at radius 2 is 2.04 bits per heavy atom. The highest BCUT2D eigenvalue weighted by molar-refractivity contribution is 6.87. The van der Waals surface area contributed by atoms with E-state index in [1.165, 1.54) is 7.11 Å². The van der Waals surface area contributed by atoms with Crippen molar-refractivity contribution in [2.45, 2.75) is 57.8 Å². The molecule has 1 rings (SSSR count). The van der Waals surface area contributed by atoms with Crippen molar-refractivity contribution in [3.8, 4) is 11.5 Å². The summed E-state index contributed by atoms with van der Waals surface area (Å²) in [4.78, 5) is 24.0. The van der Waals surface area contributed by atoms with Crippen LogP contribution in [0.15, 0.2) is 0 Å². The summed E-state index contributed by atoms with van der Waals surface area (Å²) < 4.78 is 9.99. The zero-order valence-corrected chi connectivity index (χ0v) is 16.1. The van der Waals surface area contributed by atoms with Crippen LogP contribution in [-0.4, -0.2) is 46.3 Å². The van der Waals surface area contributed by atoms with Crippen LogP contribution in [0, 0.1) is 17.4 Å². The van der Waals surface area contributed by atoms with Gasteiger partial charge in [0.2, 0.25) is 5.91 Å². The van der Waals surface area contributed by atoms with Crippen LogP contribution in [0.25, 0.3) is 0 Å². The van der Waals surface area contributed by atoms with Gasteiger partial charge in [-0.25, -0.2) is 4.79 Å². The van der Waals surface area contributed by atoms with E-state index < -0.39 is 20.1 Å². The molecule has 1 heterocycles. The minimum Gasteiger partial charge on any atom is -0.467 e. The molecule has 1 saturated heterocycles. The summed E-state index contributed by atoms with van der Waals surface area (Å²) in [5, 5.41) is 2.91. The SMILES string of the molecule is COC(=O)[C@@H](CC#C[Si](C)(C)C(C)(C)C)NC(=O)[C@@H]1CCOC1. The third-order valence-electron chi connectivity index (χ3n) is 4.68. The molecular weight excluding hydrogens is 310 g/mol. The average molecular weight is 340 g/mol. The molecular formula is C17H29NO4Si. The van der Waals surface area contributed by atoms with Gasteiger partial charge in [-0.2, -0.15) is 0 Å². The molecule has 0 aromatic carbocycles. The molecule has 0 aromatic heterocycles. The van der Waals surface area contributed by atoms with E-state index >= 15 is 0 Å². The number of hydrogen-bond acceptors (Lipinski definition) is 4. The van der Waals surface area contributed by atoms with Crippen molar-refractivity contribution in [3.05, 3.63) is 0 Å². The average Bonchev–Trinajstić information content (AvgIpc) is 2.98. The third-order valence-corrected chi connectivity index (χ3v) is 9.24. The van der Waals surface area contributed by atoms with Gasteiger partial charge in [0, 0.05) is 13.0 Å². The van der Waals surface area contributed by atoms with E-state index in [4.69, 9.17) is 9.47 Å². The lowest BCUT2D eigenvalue weighted by Crippen LogP contribution is -2.44. The van der Waals surface area contributed by atoms with E-state index in [9.17, 15) is 9.59 Å². The predicted molar refractivity (Wildman–Crippen MR) is 92.5 cm³/mol. The highest BCUT2D eigenvalue weighted by Crippen LogP contribution is 2.35. The molecule has 0 saturated carbocycles. The van der Waals surface area contributed by atoms with E-state index in [1.54, 1.807) is 0 Å². The molecule has 1 N–H and O–H groups in total. The molecule has 0 bridgehead atoms. The van der Waals surface area contributed by atoms with Crippen LogP contribution in [0.4, 0.5) is 0 Å². The van der Waals surface area contributed by atoms with E-state index in [-0.39, 0.29) is 23.3 Å². The Kier molecular flexibility index (Phi) is 6.84. The van der Waals surface area contributed by atoms with Gasteiger partial charge in [-0.05, 0) is 11.5 Å². The summed E-state index contributed by atoms with van der Waals surface area (Å²) in [5.74, 6) is 2.31. The van der Waals surface area contributed by atoms with E-state index in [2.05, 4.69) is 50.6 Å². The van der Waals surface area contributed by atoms with Crippen molar-refractivity contribution in [1.29, 1.82) is 0 Å². The number of esters is 1. The number of carbonyl (C=O) groups excluding carboxylic acids is 2. The molecule has 0 spiro atoms. The second-order valence-electron chi connectivity index (χ2n) is 7.53. The Morgan fingerprint density at radius 3 is 2.52 bits per heavy atom. The molecule has 5 nitrogen and oxygen atoms in total. The van der Waals surface area contributed by atoms with Gasteiger partial charge < -0.3 is 14.8 Å². The monoisotopic (exact) mass is 339 g/mol. The number of nitrogens with one attached hydrogen (secondary N) is 1. The summed E-state index contributed by atoms with van der Waals surface area (Å²) in [6.45, 7) is 12.0. The first kappa shape index (κ1) is 19.7. The maximum atomic E-state index is 12.2. The minimum absolute atomic E-state index is 0.158. The van der Waals surface area contributed by atoms with Gasteiger partial charge in [0.25, 0.3) is 0 Å². The highest BCUT2D eigenvalue weighted by atomic mass is 28.3. The van der Waals surface area contributed by atoms with Crippen LogP contribution < -0.4 is 5.32 Å². The first-order valence-corrected chi connectivity index (χ1v) is 11.0. The molecule has 130 valence electrons. The van der Waals surface area contributed by atoms with Gasteiger partial charge in [0.05, 0.1) is 19.6 Å². The molecule has 1 amide bonds. The molecule has 2 atom stereocenters. The zero-order chi connectivity index (χ0) is 17.7.